The third-order valence-corrected chi connectivity index (χ3v) is 4.08. The summed E-state index contributed by atoms with van der Waals surface area (Å²) in [5, 5.41) is 5.19. The SMILES string of the molecule is COc1ccc(-c2csc(NC(=O)c3ccc(OC)nc3)n2)cc1. The second-order valence-corrected chi connectivity index (χ2v) is 5.67. The van der Waals surface area contributed by atoms with Gasteiger partial charge >= 0.3 is 0 Å². The molecule has 0 saturated heterocycles. The molecule has 0 fully saturated rings. The molecule has 24 heavy (non-hydrogen) atoms. The van der Waals surface area contributed by atoms with Crippen molar-refractivity contribution in [1.29, 1.82) is 0 Å². The van der Waals surface area contributed by atoms with Crippen LogP contribution in [0.3, 0.4) is 0 Å². The third kappa shape index (κ3) is 3.52. The molecule has 0 aliphatic heterocycles. The van der Waals surface area contributed by atoms with Gasteiger partial charge in [-0.05, 0) is 30.3 Å². The number of pyridine rings is 1. The average molecular weight is 341 g/mol. The quantitative estimate of drug-likeness (QED) is 0.769. The molecule has 0 spiro atoms. The predicted molar refractivity (Wildman–Crippen MR) is 92.8 cm³/mol. The van der Waals surface area contributed by atoms with Gasteiger partial charge in [0.2, 0.25) is 5.88 Å². The number of methoxy groups -OCH3 is 2. The Morgan fingerprint density at radius 3 is 2.50 bits per heavy atom. The van der Waals surface area contributed by atoms with Crippen molar-refractivity contribution in [3.8, 4) is 22.9 Å². The minimum atomic E-state index is -0.263. The maximum atomic E-state index is 12.2. The second kappa shape index (κ2) is 7.10. The number of carbonyl (C=O) groups excluding carboxylic acids is 1. The molecule has 7 heteroatoms. The summed E-state index contributed by atoms with van der Waals surface area (Å²) < 4.78 is 10.1. The standard InChI is InChI=1S/C17H15N3O3S/c1-22-13-6-3-11(4-7-13)14-10-24-17(19-14)20-16(21)12-5-8-15(23-2)18-9-12/h3-10H,1-2H3,(H,19,20,21). The largest absolute Gasteiger partial charge is 0.497 e. The zero-order chi connectivity index (χ0) is 16.9. The first-order valence-corrected chi connectivity index (χ1v) is 7.99. The van der Waals surface area contributed by atoms with Crippen LogP contribution in [-0.4, -0.2) is 30.1 Å². The van der Waals surface area contributed by atoms with Gasteiger partial charge in [-0.2, -0.15) is 0 Å². The van der Waals surface area contributed by atoms with Gasteiger partial charge in [-0.15, -0.1) is 11.3 Å². The first-order valence-electron chi connectivity index (χ1n) is 7.11. The Morgan fingerprint density at radius 2 is 1.88 bits per heavy atom. The van der Waals surface area contributed by atoms with Gasteiger partial charge in [-0.25, -0.2) is 9.97 Å². The lowest BCUT2D eigenvalue weighted by molar-refractivity contribution is 0.102. The normalized spacial score (nSPS) is 10.2. The molecule has 1 N–H and O–H groups in total. The number of hydrogen-bond donors (Lipinski definition) is 1. The summed E-state index contributed by atoms with van der Waals surface area (Å²) in [5.74, 6) is 0.984. The van der Waals surface area contributed by atoms with Gasteiger partial charge in [-0.3, -0.25) is 10.1 Å². The lowest BCUT2D eigenvalue weighted by Gasteiger charge is -2.03. The summed E-state index contributed by atoms with van der Waals surface area (Å²) in [5.41, 5.74) is 2.20. The summed E-state index contributed by atoms with van der Waals surface area (Å²) >= 11 is 1.37. The van der Waals surface area contributed by atoms with Gasteiger partial charge < -0.3 is 9.47 Å². The molecular weight excluding hydrogens is 326 g/mol. The molecule has 2 aromatic heterocycles. The molecule has 3 rings (SSSR count). The monoisotopic (exact) mass is 341 g/mol. The highest BCUT2D eigenvalue weighted by molar-refractivity contribution is 7.14. The first-order chi connectivity index (χ1) is 11.7. The number of hydrogen-bond acceptors (Lipinski definition) is 6. The molecule has 6 nitrogen and oxygen atoms in total. The van der Waals surface area contributed by atoms with Gasteiger partial charge in [-0.1, -0.05) is 0 Å². The molecule has 0 aliphatic rings. The minimum Gasteiger partial charge on any atom is -0.497 e. The Labute approximate surface area is 143 Å². The van der Waals surface area contributed by atoms with Crippen LogP contribution in [0.5, 0.6) is 11.6 Å². The van der Waals surface area contributed by atoms with Crippen molar-refractivity contribution in [2.24, 2.45) is 0 Å². The molecular formula is C17H15N3O3S. The Kier molecular flexibility index (Phi) is 4.72. The summed E-state index contributed by atoms with van der Waals surface area (Å²) in [6.07, 6.45) is 1.46. The summed E-state index contributed by atoms with van der Waals surface area (Å²) in [6, 6.07) is 10.9. The number of anilines is 1. The number of amides is 1. The van der Waals surface area contributed by atoms with Crippen molar-refractivity contribution >= 4 is 22.4 Å². The van der Waals surface area contributed by atoms with E-state index in [0.717, 1.165) is 17.0 Å². The van der Waals surface area contributed by atoms with Crippen LogP contribution in [0.15, 0.2) is 48.0 Å². The molecule has 3 aromatic rings. The zero-order valence-corrected chi connectivity index (χ0v) is 14.0. The van der Waals surface area contributed by atoms with Crippen molar-refractivity contribution < 1.29 is 14.3 Å². The molecule has 2 heterocycles. The molecule has 1 amide bonds. The van der Waals surface area contributed by atoms with Crippen LogP contribution in [0.4, 0.5) is 5.13 Å². The second-order valence-electron chi connectivity index (χ2n) is 4.81. The molecule has 0 radical (unpaired) electrons. The van der Waals surface area contributed by atoms with Crippen LogP contribution in [0.25, 0.3) is 11.3 Å². The zero-order valence-electron chi connectivity index (χ0n) is 13.1. The molecule has 0 atom stereocenters. The first kappa shape index (κ1) is 15.9. The molecule has 0 bridgehead atoms. The van der Waals surface area contributed by atoms with Crippen molar-refractivity contribution in [2.45, 2.75) is 0 Å². The smallest absolute Gasteiger partial charge is 0.259 e. The van der Waals surface area contributed by atoms with Gasteiger partial charge in [0, 0.05) is 23.2 Å². The number of ether oxygens (including phenoxy) is 2. The third-order valence-electron chi connectivity index (χ3n) is 3.32. The number of benzene rings is 1. The molecule has 0 saturated carbocycles. The van der Waals surface area contributed by atoms with Crippen molar-refractivity contribution in [1.82, 2.24) is 9.97 Å². The highest BCUT2D eigenvalue weighted by atomic mass is 32.1. The van der Waals surface area contributed by atoms with Crippen molar-refractivity contribution in [3.05, 3.63) is 53.5 Å². The van der Waals surface area contributed by atoms with Gasteiger partial charge in [0.15, 0.2) is 5.13 Å². The number of nitrogens with zero attached hydrogens (tertiary/aromatic N) is 2. The van der Waals surface area contributed by atoms with Gasteiger partial charge in [0.05, 0.1) is 25.5 Å². The van der Waals surface area contributed by atoms with Crippen LogP contribution < -0.4 is 14.8 Å². The Bertz CT molecular complexity index is 829. The number of nitrogens with one attached hydrogen (secondary N) is 1. The minimum absolute atomic E-state index is 0.263. The number of rotatable bonds is 5. The maximum Gasteiger partial charge on any atom is 0.259 e. The molecule has 122 valence electrons. The number of thiazole rings is 1. The van der Waals surface area contributed by atoms with E-state index in [9.17, 15) is 4.79 Å². The Balaban J connectivity index is 1.71. The van der Waals surface area contributed by atoms with E-state index in [-0.39, 0.29) is 5.91 Å². The van der Waals surface area contributed by atoms with Crippen LogP contribution in [0.1, 0.15) is 10.4 Å². The summed E-state index contributed by atoms with van der Waals surface area (Å²) in [7, 11) is 3.15. The highest BCUT2D eigenvalue weighted by Gasteiger charge is 2.11. The lowest BCUT2D eigenvalue weighted by Crippen LogP contribution is -2.12. The van der Waals surface area contributed by atoms with Crippen molar-refractivity contribution in [2.75, 3.05) is 19.5 Å². The van der Waals surface area contributed by atoms with E-state index in [0.29, 0.717) is 16.6 Å². The number of carbonyl (C=O) groups is 1. The Morgan fingerprint density at radius 1 is 1.08 bits per heavy atom. The maximum absolute atomic E-state index is 12.2. The van der Waals surface area contributed by atoms with E-state index in [1.807, 2.05) is 29.6 Å². The lowest BCUT2D eigenvalue weighted by atomic mass is 10.2. The predicted octanol–water partition coefficient (Wildman–Crippen LogP) is 3.47. The van der Waals surface area contributed by atoms with E-state index in [2.05, 4.69) is 15.3 Å². The number of aromatic nitrogens is 2. The fourth-order valence-electron chi connectivity index (χ4n) is 2.03. The average Bonchev–Trinajstić information content (AvgIpc) is 3.10. The highest BCUT2D eigenvalue weighted by Crippen LogP contribution is 2.26. The molecule has 0 unspecified atom stereocenters. The van der Waals surface area contributed by atoms with Gasteiger partial charge in [0.25, 0.3) is 5.91 Å². The summed E-state index contributed by atoms with van der Waals surface area (Å²) in [4.78, 5) is 20.7. The molecule has 1 aromatic carbocycles. The molecule has 0 aliphatic carbocycles. The van der Waals surface area contributed by atoms with Crippen LogP contribution in [-0.2, 0) is 0 Å². The topological polar surface area (TPSA) is 73.3 Å². The van der Waals surface area contributed by atoms with E-state index < -0.39 is 0 Å². The van der Waals surface area contributed by atoms with Gasteiger partial charge in [0.1, 0.15) is 5.75 Å². The van der Waals surface area contributed by atoms with E-state index >= 15 is 0 Å². The van der Waals surface area contributed by atoms with Crippen molar-refractivity contribution in [3.63, 3.8) is 0 Å². The fraction of sp³-hybridized carbons (Fsp3) is 0.118. The Hall–Kier alpha value is -2.93. The van der Waals surface area contributed by atoms with E-state index in [1.165, 1.54) is 24.6 Å². The summed E-state index contributed by atoms with van der Waals surface area (Å²) in [6.45, 7) is 0. The van der Waals surface area contributed by atoms with Crippen LogP contribution in [0, 0.1) is 0 Å². The fourth-order valence-corrected chi connectivity index (χ4v) is 2.74. The van der Waals surface area contributed by atoms with E-state index in [4.69, 9.17) is 9.47 Å². The van der Waals surface area contributed by atoms with Crippen LogP contribution >= 0.6 is 11.3 Å². The van der Waals surface area contributed by atoms with E-state index in [1.54, 1.807) is 19.2 Å². The van der Waals surface area contributed by atoms with Crippen LogP contribution in [0.2, 0.25) is 0 Å².